The molecule has 19 heavy (non-hydrogen) atoms. The quantitative estimate of drug-likeness (QED) is 0.874. The van der Waals surface area contributed by atoms with Crippen molar-refractivity contribution in [2.24, 2.45) is 0 Å². The summed E-state index contributed by atoms with van der Waals surface area (Å²) < 4.78 is 13.7. The monoisotopic (exact) mass is 266 g/mol. The molecule has 1 heterocycles. The van der Waals surface area contributed by atoms with E-state index in [2.05, 4.69) is 20.6 Å². The van der Waals surface area contributed by atoms with Gasteiger partial charge in [0.25, 0.3) is 0 Å². The van der Waals surface area contributed by atoms with Gasteiger partial charge in [-0.2, -0.15) is 4.98 Å². The van der Waals surface area contributed by atoms with Gasteiger partial charge in [0.15, 0.2) is 11.6 Å². The third-order valence-electron chi connectivity index (χ3n) is 3.53. The number of anilines is 2. The van der Waals surface area contributed by atoms with Crippen LogP contribution in [0.3, 0.4) is 0 Å². The van der Waals surface area contributed by atoms with E-state index in [-0.39, 0.29) is 5.82 Å². The normalized spacial score (nSPS) is 17.6. The summed E-state index contributed by atoms with van der Waals surface area (Å²) in [6.07, 6.45) is 9.75. The van der Waals surface area contributed by atoms with E-state index in [0.717, 1.165) is 19.4 Å². The molecule has 0 unspecified atom stereocenters. The lowest BCUT2D eigenvalue weighted by Crippen LogP contribution is -2.22. The Bertz CT molecular complexity index is 389. The summed E-state index contributed by atoms with van der Waals surface area (Å²) in [5.41, 5.74) is 0. The van der Waals surface area contributed by atoms with E-state index >= 15 is 0 Å². The van der Waals surface area contributed by atoms with Crippen LogP contribution in [-0.2, 0) is 0 Å². The standard InChI is InChI=1S/C14H23FN4/c1-2-16-14-17-10-12(15)13(19-14)18-11-8-6-4-3-5-7-9-11/h10-11H,2-9H2,1H3,(H2,16,17,18,19). The number of rotatable bonds is 4. The molecule has 0 saturated heterocycles. The first-order valence-corrected chi connectivity index (χ1v) is 7.32. The minimum absolute atomic E-state index is 0.330. The van der Waals surface area contributed by atoms with E-state index in [0.29, 0.717) is 17.8 Å². The van der Waals surface area contributed by atoms with Crippen LogP contribution in [0.1, 0.15) is 51.9 Å². The molecule has 2 rings (SSSR count). The van der Waals surface area contributed by atoms with Crippen molar-refractivity contribution in [2.75, 3.05) is 17.2 Å². The van der Waals surface area contributed by atoms with Gasteiger partial charge in [-0.3, -0.25) is 0 Å². The highest BCUT2D eigenvalue weighted by atomic mass is 19.1. The van der Waals surface area contributed by atoms with Gasteiger partial charge >= 0.3 is 0 Å². The fraction of sp³-hybridized carbons (Fsp3) is 0.714. The molecule has 1 saturated carbocycles. The highest BCUT2D eigenvalue weighted by Gasteiger charge is 2.14. The van der Waals surface area contributed by atoms with Gasteiger partial charge in [-0.25, -0.2) is 9.37 Å². The number of nitrogens with zero attached hydrogens (tertiary/aromatic N) is 2. The van der Waals surface area contributed by atoms with Gasteiger partial charge in [0, 0.05) is 12.6 Å². The Hall–Kier alpha value is -1.39. The largest absolute Gasteiger partial charge is 0.365 e. The Labute approximate surface area is 114 Å². The molecule has 1 aliphatic carbocycles. The third-order valence-corrected chi connectivity index (χ3v) is 3.53. The predicted octanol–water partition coefficient (Wildman–Crippen LogP) is 3.57. The zero-order chi connectivity index (χ0) is 13.5. The second-order valence-electron chi connectivity index (χ2n) is 5.11. The van der Waals surface area contributed by atoms with Crippen LogP contribution < -0.4 is 10.6 Å². The van der Waals surface area contributed by atoms with Crippen LogP contribution in [0.15, 0.2) is 6.20 Å². The Kier molecular flexibility index (Phi) is 5.36. The van der Waals surface area contributed by atoms with E-state index in [1.54, 1.807) is 0 Å². The van der Waals surface area contributed by atoms with Gasteiger partial charge in [0.05, 0.1) is 6.20 Å². The summed E-state index contributed by atoms with van der Waals surface area (Å²) in [6.45, 7) is 2.70. The zero-order valence-electron chi connectivity index (χ0n) is 11.6. The second kappa shape index (κ2) is 7.26. The molecule has 1 fully saturated rings. The molecule has 0 bridgehead atoms. The smallest absolute Gasteiger partial charge is 0.224 e. The number of halogens is 1. The summed E-state index contributed by atoms with van der Waals surface area (Å²) in [7, 11) is 0. The number of hydrogen-bond donors (Lipinski definition) is 2. The molecular formula is C14H23FN4. The second-order valence-corrected chi connectivity index (χ2v) is 5.11. The van der Waals surface area contributed by atoms with E-state index in [4.69, 9.17) is 0 Å². The Morgan fingerprint density at radius 1 is 1.21 bits per heavy atom. The highest BCUT2D eigenvalue weighted by molar-refractivity contribution is 5.41. The average molecular weight is 266 g/mol. The summed E-state index contributed by atoms with van der Waals surface area (Å²) in [5, 5.41) is 6.26. The van der Waals surface area contributed by atoms with E-state index < -0.39 is 0 Å². The minimum Gasteiger partial charge on any atom is -0.365 e. The van der Waals surface area contributed by atoms with Crippen molar-refractivity contribution in [3.8, 4) is 0 Å². The van der Waals surface area contributed by atoms with Crippen LogP contribution in [0.4, 0.5) is 16.2 Å². The van der Waals surface area contributed by atoms with E-state index in [1.807, 2.05) is 6.92 Å². The van der Waals surface area contributed by atoms with Crippen molar-refractivity contribution in [1.29, 1.82) is 0 Å². The van der Waals surface area contributed by atoms with Crippen molar-refractivity contribution in [3.05, 3.63) is 12.0 Å². The first-order chi connectivity index (χ1) is 9.29. The van der Waals surface area contributed by atoms with Crippen molar-refractivity contribution in [2.45, 2.75) is 57.9 Å². The molecule has 5 heteroatoms. The topological polar surface area (TPSA) is 49.8 Å². The molecule has 0 aliphatic heterocycles. The summed E-state index contributed by atoms with van der Waals surface area (Å²) in [4.78, 5) is 8.12. The Morgan fingerprint density at radius 2 is 1.89 bits per heavy atom. The molecule has 4 nitrogen and oxygen atoms in total. The molecule has 0 radical (unpaired) electrons. The maximum Gasteiger partial charge on any atom is 0.224 e. The molecule has 0 amide bonds. The van der Waals surface area contributed by atoms with Gasteiger partial charge in [0.2, 0.25) is 5.95 Å². The fourth-order valence-corrected chi connectivity index (χ4v) is 2.51. The number of aromatic nitrogens is 2. The predicted molar refractivity (Wildman–Crippen MR) is 75.9 cm³/mol. The van der Waals surface area contributed by atoms with Gasteiger partial charge in [0.1, 0.15) is 0 Å². The first kappa shape index (κ1) is 14.0. The highest BCUT2D eigenvalue weighted by Crippen LogP contribution is 2.21. The minimum atomic E-state index is -0.372. The van der Waals surface area contributed by atoms with Crippen LogP contribution in [0, 0.1) is 5.82 Å². The van der Waals surface area contributed by atoms with Crippen molar-refractivity contribution >= 4 is 11.8 Å². The summed E-state index contributed by atoms with van der Waals surface area (Å²) in [5.74, 6) is 0.442. The first-order valence-electron chi connectivity index (χ1n) is 7.32. The van der Waals surface area contributed by atoms with Gasteiger partial charge in [-0.1, -0.05) is 32.1 Å². The summed E-state index contributed by atoms with van der Waals surface area (Å²) in [6, 6.07) is 0.333. The maximum atomic E-state index is 13.7. The number of hydrogen-bond acceptors (Lipinski definition) is 4. The fourth-order valence-electron chi connectivity index (χ4n) is 2.51. The zero-order valence-corrected chi connectivity index (χ0v) is 11.6. The van der Waals surface area contributed by atoms with Crippen molar-refractivity contribution in [3.63, 3.8) is 0 Å². The lowest BCUT2D eigenvalue weighted by molar-refractivity contribution is 0.468. The van der Waals surface area contributed by atoms with Crippen LogP contribution in [-0.4, -0.2) is 22.6 Å². The Morgan fingerprint density at radius 3 is 2.58 bits per heavy atom. The van der Waals surface area contributed by atoms with Crippen molar-refractivity contribution < 1.29 is 4.39 Å². The summed E-state index contributed by atoms with van der Waals surface area (Å²) >= 11 is 0. The third kappa shape index (κ3) is 4.33. The molecule has 1 aliphatic rings. The Balaban J connectivity index is 2.01. The molecule has 1 aromatic heterocycles. The SMILES string of the molecule is CCNc1ncc(F)c(NC2CCCCCCC2)n1. The molecule has 0 atom stereocenters. The molecule has 106 valence electrons. The van der Waals surface area contributed by atoms with Crippen LogP contribution >= 0.6 is 0 Å². The molecule has 0 aromatic carbocycles. The van der Waals surface area contributed by atoms with Gasteiger partial charge in [-0.15, -0.1) is 0 Å². The van der Waals surface area contributed by atoms with Crippen molar-refractivity contribution in [1.82, 2.24) is 9.97 Å². The lowest BCUT2D eigenvalue weighted by Gasteiger charge is -2.21. The van der Waals surface area contributed by atoms with E-state index in [9.17, 15) is 4.39 Å². The average Bonchev–Trinajstić information content (AvgIpc) is 2.36. The number of nitrogens with one attached hydrogen (secondary N) is 2. The van der Waals surface area contributed by atoms with Crippen LogP contribution in [0.2, 0.25) is 0 Å². The molecule has 0 spiro atoms. The van der Waals surface area contributed by atoms with Crippen LogP contribution in [0.5, 0.6) is 0 Å². The van der Waals surface area contributed by atoms with E-state index in [1.165, 1.54) is 38.3 Å². The van der Waals surface area contributed by atoms with Gasteiger partial charge < -0.3 is 10.6 Å². The lowest BCUT2D eigenvalue weighted by atomic mass is 9.97. The molecule has 2 N–H and O–H groups in total. The van der Waals surface area contributed by atoms with Crippen LogP contribution in [0.25, 0.3) is 0 Å². The maximum absolute atomic E-state index is 13.7. The van der Waals surface area contributed by atoms with Gasteiger partial charge in [-0.05, 0) is 19.8 Å². The molecule has 1 aromatic rings. The molecular weight excluding hydrogens is 243 g/mol.